The van der Waals surface area contributed by atoms with Crippen LogP contribution in [0.1, 0.15) is 15.9 Å². The number of aromatic carboxylic acids is 1. The van der Waals surface area contributed by atoms with E-state index in [9.17, 15) is 18.0 Å². The predicted octanol–water partition coefficient (Wildman–Crippen LogP) is 3.34. The van der Waals surface area contributed by atoms with Gasteiger partial charge in [-0.15, -0.1) is 0 Å². The van der Waals surface area contributed by atoms with Crippen molar-refractivity contribution in [3.8, 4) is 0 Å². The summed E-state index contributed by atoms with van der Waals surface area (Å²) >= 11 is 0.994. The molecule has 0 fully saturated rings. The van der Waals surface area contributed by atoms with Crippen LogP contribution in [0.25, 0.3) is 0 Å². The number of benzene rings is 1. The Balaban J connectivity index is 2.40. The van der Waals surface area contributed by atoms with Gasteiger partial charge < -0.3 is 5.11 Å². The van der Waals surface area contributed by atoms with Gasteiger partial charge in [-0.05, 0) is 24.3 Å². The standard InChI is InChI=1S/C12H7F3N2O2S/c13-12(14,15)9-5-7(1-2-8(9)11(18)19)20-10-3-4-16-6-17-10/h1-6H,(H,18,19). The molecule has 0 unspecified atom stereocenters. The summed E-state index contributed by atoms with van der Waals surface area (Å²) in [6, 6.07) is 4.60. The van der Waals surface area contributed by atoms with Crippen LogP contribution in [-0.4, -0.2) is 21.0 Å². The SMILES string of the molecule is O=C(O)c1ccc(Sc2ccncn2)cc1C(F)(F)F. The summed E-state index contributed by atoms with van der Waals surface area (Å²) in [5.41, 5.74) is -1.95. The molecule has 8 heteroatoms. The Morgan fingerprint density at radius 1 is 1.25 bits per heavy atom. The van der Waals surface area contributed by atoms with Crippen LogP contribution in [0.5, 0.6) is 0 Å². The Morgan fingerprint density at radius 3 is 2.55 bits per heavy atom. The lowest BCUT2D eigenvalue weighted by Gasteiger charge is -2.11. The smallest absolute Gasteiger partial charge is 0.417 e. The summed E-state index contributed by atoms with van der Waals surface area (Å²) in [5, 5.41) is 9.25. The molecule has 1 heterocycles. The van der Waals surface area contributed by atoms with Gasteiger partial charge in [0.05, 0.1) is 11.1 Å². The van der Waals surface area contributed by atoms with Gasteiger partial charge in [-0.2, -0.15) is 13.2 Å². The Hall–Kier alpha value is -2.09. The van der Waals surface area contributed by atoms with Crippen LogP contribution in [0.15, 0.2) is 46.7 Å². The number of alkyl halides is 3. The zero-order valence-electron chi connectivity index (χ0n) is 9.76. The fourth-order valence-electron chi connectivity index (χ4n) is 1.47. The van der Waals surface area contributed by atoms with E-state index in [1.807, 2.05) is 0 Å². The van der Waals surface area contributed by atoms with Gasteiger partial charge in [0, 0.05) is 11.1 Å². The molecule has 1 aromatic carbocycles. The monoisotopic (exact) mass is 300 g/mol. The molecule has 104 valence electrons. The minimum absolute atomic E-state index is 0.251. The highest BCUT2D eigenvalue weighted by atomic mass is 32.2. The van der Waals surface area contributed by atoms with Crippen molar-refractivity contribution in [2.24, 2.45) is 0 Å². The molecule has 0 saturated heterocycles. The first-order valence-corrected chi connectivity index (χ1v) is 6.08. The molecule has 1 aromatic heterocycles. The van der Waals surface area contributed by atoms with Crippen molar-refractivity contribution < 1.29 is 23.1 Å². The molecular formula is C12H7F3N2O2S. The number of carboxylic acid groups (broad SMARTS) is 1. The molecule has 2 rings (SSSR count). The second-order valence-corrected chi connectivity index (χ2v) is 4.75. The summed E-state index contributed by atoms with van der Waals surface area (Å²) in [7, 11) is 0. The number of aromatic nitrogens is 2. The molecule has 0 radical (unpaired) electrons. The van der Waals surface area contributed by atoms with E-state index in [0.29, 0.717) is 5.03 Å². The molecule has 0 saturated carbocycles. The van der Waals surface area contributed by atoms with Gasteiger partial charge in [-0.25, -0.2) is 14.8 Å². The van der Waals surface area contributed by atoms with Crippen LogP contribution in [0.2, 0.25) is 0 Å². The van der Waals surface area contributed by atoms with E-state index in [0.717, 1.165) is 23.9 Å². The van der Waals surface area contributed by atoms with E-state index >= 15 is 0 Å². The Labute approximate surface area is 115 Å². The third-order valence-corrected chi connectivity index (χ3v) is 3.24. The number of carboxylic acids is 1. The van der Waals surface area contributed by atoms with E-state index in [4.69, 9.17) is 5.11 Å². The van der Waals surface area contributed by atoms with Crippen LogP contribution in [-0.2, 0) is 6.18 Å². The minimum Gasteiger partial charge on any atom is -0.478 e. The van der Waals surface area contributed by atoms with Crippen molar-refractivity contribution in [1.29, 1.82) is 0 Å². The molecule has 0 amide bonds. The first-order valence-electron chi connectivity index (χ1n) is 5.26. The third kappa shape index (κ3) is 3.27. The van der Waals surface area contributed by atoms with Crippen molar-refractivity contribution >= 4 is 17.7 Å². The fraction of sp³-hybridized carbons (Fsp3) is 0.0833. The predicted molar refractivity (Wildman–Crippen MR) is 64.6 cm³/mol. The average molecular weight is 300 g/mol. The molecular weight excluding hydrogens is 293 g/mol. The minimum atomic E-state index is -4.73. The van der Waals surface area contributed by atoms with Crippen molar-refractivity contribution in [3.63, 3.8) is 0 Å². The van der Waals surface area contributed by atoms with E-state index in [1.54, 1.807) is 6.07 Å². The van der Waals surface area contributed by atoms with Gasteiger partial charge >= 0.3 is 12.1 Å². The van der Waals surface area contributed by atoms with E-state index in [2.05, 4.69) is 9.97 Å². The highest BCUT2D eigenvalue weighted by Crippen LogP contribution is 2.36. The lowest BCUT2D eigenvalue weighted by Crippen LogP contribution is -2.12. The summed E-state index contributed by atoms with van der Waals surface area (Å²) < 4.78 is 38.5. The first-order chi connectivity index (χ1) is 9.38. The normalized spacial score (nSPS) is 11.3. The van der Waals surface area contributed by atoms with Crippen LogP contribution in [0.4, 0.5) is 13.2 Å². The number of carbonyl (C=O) groups is 1. The van der Waals surface area contributed by atoms with Gasteiger partial charge in [0.25, 0.3) is 0 Å². The Kier molecular flexibility index (Phi) is 3.93. The lowest BCUT2D eigenvalue weighted by atomic mass is 10.1. The van der Waals surface area contributed by atoms with Crippen molar-refractivity contribution in [2.75, 3.05) is 0 Å². The van der Waals surface area contributed by atoms with Crippen LogP contribution in [0.3, 0.4) is 0 Å². The van der Waals surface area contributed by atoms with Crippen LogP contribution < -0.4 is 0 Å². The van der Waals surface area contributed by atoms with Crippen molar-refractivity contribution in [3.05, 3.63) is 47.9 Å². The van der Waals surface area contributed by atoms with Crippen molar-refractivity contribution in [1.82, 2.24) is 9.97 Å². The van der Waals surface area contributed by atoms with E-state index < -0.39 is 23.3 Å². The maximum absolute atomic E-state index is 12.8. The van der Waals surface area contributed by atoms with Gasteiger partial charge in [0.2, 0.25) is 0 Å². The molecule has 0 bridgehead atoms. The second-order valence-electron chi connectivity index (χ2n) is 3.66. The van der Waals surface area contributed by atoms with Gasteiger partial charge in [0.15, 0.2) is 0 Å². The maximum atomic E-state index is 12.8. The number of nitrogens with zero attached hydrogens (tertiary/aromatic N) is 2. The zero-order valence-corrected chi connectivity index (χ0v) is 10.6. The van der Waals surface area contributed by atoms with E-state index in [-0.39, 0.29) is 4.90 Å². The van der Waals surface area contributed by atoms with Gasteiger partial charge in [-0.3, -0.25) is 0 Å². The van der Waals surface area contributed by atoms with Crippen LogP contribution >= 0.6 is 11.8 Å². The summed E-state index contributed by atoms with van der Waals surface area (Å²) in [6.45, 7) is 0. The van der Waals surface area contributed by atoms with Crippen molar-refractivity contribution in [2.45, 2.75) is 16.1 Å². The van der Waals surface area contributed by atoms with Gasteiger partial charge in [-0.1, -0.05) is 11.8 Å². The highest BCUT2D eigenvalue weighted by Gasteiger charge is 2.35. The summed E-state index contributed by atoms with van der Waals surface area (Å²) in [6.07, 6.45) is -1.99. The first kappa shape index (κ1) is 14.3. The number of halogens is 3. The Morgan fingerprint density at radius 2 is 2.00 bits per heavy atom. The number of rotatable bonds is 3. The molecule has 0 aliphatic rings. The highest BCUT2D eigenvalue weighted by molar-refractivity contribution is 7.99. The number of hydrogen-bond donors (Lipinski definition) is 1. The molecule has 4 nitrogen and oxygen atoms in total. The zero-order chi connectivity index (χ0) is 14.8. The third-order valence-electron chi connectivity index (χ3n) is 2.30. The summed E-state index contributed by atoms with van der Waals surface area (Å²) in [4.78, 5) is 18.6. The molecule has 0 spiro atoms. The lowest BCUT2D eigenvalue weighted by molar-refractivity contribution is -0.138. The largest absolute Gasteiger partial charge is 0.478 e. The summed E-state index contributed by atoms with van der Waals surface area (Å²) in [5.74, 6) is -1.61. The maximum Gasteiger partial charge on any atom is 0.417 e. The quantitative estimate of drug-likeness (QED) is 0.881. The van der Waals surface area contributed by atoms with Crippen LogP contribution in [0, 0.1) is 0 Å². The molecule has 1 N–H and O–H groups in total. The van der Waals surface area contributed by atoms with Gasteiger partial charge in [0.1, 0.15) is 11.4 Å². The molecule has 20 heavy (non-hydrogen) atoms. The second kappa shape index (κ2) is 5.49. The molecule has 2 aromatic rings. The number of hydrogen-bond acceptors (Lipinski definition) is 4. The molecule has 0 atom stereocenters. The molecule has 0 aliphatic heterocycles. The average Bonchev–Trinajstić information content (AvgIpc) is 2.38. The Bertz CT molecular complexity index is 632. The topological polar surface area (TPSA) is 63.1 Å². The van der Waals surface area contributed by atoms with E-state index in [1.165, 1.54) is 18.6 Å². The fourth-order valence-corrected chi connectivity index (χ4v) is 2.25. The molecule has 0 aliphatic carbocycles.